The molecule has 1 rings (SSSR count). The highest BCUT2D eigenvalue weighted by molar-refractivity contribution is 7.86. The van der Waals surface area contributed by atoms with E-state index in [1.807, 2.05) is 0 Å². The maximum Gasteiger partial charge on any atom is 0.281 e. The van der Waals surface area contributed by atoms with Crippen LogP contribution in [0.4, 0.5) is 5.69 Å². The van der Waals surface area contributed by atoms with E-state index in [4.69, 9.17) is 4.74 Å². The molecule has 0 unspecified atom stereocenters. The molecular weight excluding hydrogens is 294 g/mol. The van der Waals surface area contributed by atoms with Gasteiger partial charge in [0.15, 0.2) is 0 Å². The number of carbonyl (C=O) groups is 1. The van der Waals surface area contributed by atoms with Crippen LogP contribution in [0.15, 0.2) is 24.3 Å². The Labute approximate surface area is 125 Å². The lowest BCUT2D eigenvalue weighted by Gasteiger charge is -2.24. The third kappa shape index (κ3) is 4.16. The van der Waals surface area contributed by atoms with Crippen LogP contribution in [0.2, 0.25) is 0 Å². The maximum absolute atomic E-state index is 12.2. The van der Waals surface area contributed by atoms with Crippen molar-refractivity contribution in [1.82, 2.24) is 8.61 Å². The van der Waals surface area contributed by atoms with Gasteiger partial charge in [0.05, 0.1) is 13.7 Å². The van der Waals surface area contributed by atoms with Crippen molar-refractivity contribution in [3.8, 4) is 5.75 Å². The third-order valence-corrected chi connectivity index (χ3v) is 4.87. The summed E-state index contributed by atoms with van der Waals surface area (Å²) in [5, 5.41) is 0. The first-order valence-corrected chi connectivity index (χ1v) is 7.64. The van der Waals surface area contributed by atoms with Crippen LogP contribution in [0.3, 0.4) is 0 Å². The average Bonchev–Trinajstić information content (AvgIpc) is 2.45. The normalized spacial score (nSPS) is 11.8. The Morgan fingerprint density at radius 1 is 1.19 bits per heavy atom. The third-order valence-electron chi connectivity index (χ3n) is 3.03. The molecule has 0 atom stereocenters. The van der Waals surface area contributed by atoms with Gasteiger partial charge >= 0.3 is 0 Å². The lowest BCUT2D eigenvalue weighted by Crippen LogP contribution is -2.43. The van der Waals surface area contributed by atoms with Crippen LogP contribution in [-0.2, 0) is 15.0 Å². The van der Waals surface area contributed by atoms with Gasteiger partial charge in [-0.2, -0.15) is 17.0 Å². The Morgan fingerprint density at radius 2 is 1.81 bits per heavy atom. The molecule has 0 saturated heterocycles. The summed E-state index contributed by atoms with van der Waals surface area (Å²) < 4.78 is 30.9. The van der Waals surface area contributed by atoms with E-state index in [0.717, 1.165) is 8.61 Å². The molecule has 0 aliphatic heterocycles. The number of rotatable bonds is 6. The fourth-order valence-electron chi connectivity index (χ4n) is 1.62. The van der Waals surface area contributed by atoms with Crippen molar-refractivity contribution in [2.75, 3.05) is 46.7 Å². The lowest BCUT2D eigenvalue weighted by atomic mass is 10.2. The van der Waals surface area contributed by atoms with Gasteiger partial charge < -0.3 is 9.64 Å². The summed E-state index contributed by atoms with van der Waals surface area (Å²) in [7, 11) is 3.73. The van der Waals surface area contributed by atoms with Gasteiger partial charge in [-0.15, -0.1) is 0 Å². The van der Waals surface area contributed by atoms with Crippen molar-refractivity contribution in [2.45, 2.75) is 0 Å². The summed E-state index contributed by atoms with van der Waals surface area (Å²) in [4.78, 5) is 13.6. The van der Waals surface area contributed by atoms with E-state index in [9.17, 15) is 13.2 Å². The van der Waals surface area contributed by atoms with Crippen LogP contribution < -0.4 is 9.64 Å². The Balaban J connectivity index is 2.84. The smallest absolute Gasteiger partial charge is 0.281 e. The van der Waals surface area contributed by atoms with E-state index < -0.39 is 10.2 Å². The topological polar surface area (TPSA) is 70.2 Å². The second-order valence-corrected chi connectivity index (χ2v) is 6.95. The Bertz CT molecular complexity index is 601. The number of amides is 1. The molecule has 0 N–H and O–H groups in total. The molecule has 1 aromatic rings. The number of hydrogen-bond donors (Lipinski definition) is 0. The van der Waals surface area contributed by atoms with Crippen LogP contribution >= 0.6 is 0 Å². The molecule has 21 heavy (non-hydrogen) atoms. The van der Waals surface area contributed by atoms with Gasteiger partial charge in [0.2, 0.25) is 5.91 Å². The van der Waals surface area contributed by atoms with Crippen molar-refractivity contribution in [3.63, 3.8) is 0 Å². The number of methoxy groups -OCH3 is 1. The number of benzene rings is 1. The van der Waals surface area contributed by atoms with E-state index in [1.165, 1.54) is 26.0 Å². The van der Waals surface area contributed by atoms with Gasteiger partial charge in [0, 0.05) is 39.9 Å². The Morgan fingerprint density at radius 3 is 2.33 bits per heavy atom. The van der Waals surface area contributed by atoms with Gasteiger partial charge in [0.1, 0.15) is 5.75 Å². The molecule has 118 valence electrons. The molecule has 0 fully saturated rings. The highest BCUT2D eigenvalue weighted by atomic mass is 32.2. The predicted molar refractivity (Wildman–Crippen MR) is 81.6 cm³/mol. The molecule has 0 spiro atoms. The van der Waals surface area contributed by atoms with Gasteiger partial charge in [-0.25, -0.2) is 0 Å². The minimum Gasteiger partial charge on any atom is -0.497 e. The summed E-state index contributed by atoms with van der Waals surface area (Å²) in [6.45, 7) is -0.242. The zero-order valence-corrected chi connectivity index (χ0v) is 13.7. The zero-order chi connectivity index (χ0) is 16.2. The average molecular weight is 315 g/mol. The number of ether oxygens (including phenoxy) is 1. The van der Waals surface area contributed by atoms with E-state index in [2.05, 4.69) is 0 Å². The molecule has 0 saturated carbocycles. The second-order valence-electron chi connectivity index (χ2n) is 4.70. The minimum atomic E-state index is -3.61. The first kappa shape index (κ1) is 17.4. The molecule has 0 radical (unpaired) electrons. The van der Waals surface area contributed by atoms with Crippen molar-refractivity contribution in [3.05, 3.63) is 24.3 Å². The monoisotopic (exact) mass is 315 g/mol. The van der Waals surface area contributed by atoms with Crippen LogP contribution in [0.5, 0.6) is 5.75 Å². The molecule has 8 heteroatoms. The van der Waals surface area contributed by atoms with E-state index in [1.54, 1.807) is 38.4 Å². The van der Waals surface area contributed by atoms with Gasteiger partial charge in [-0.1, -0.05) is 6.07 Å². The molecule has 1 aromatic carbocycles. The lowest BCUT2D eigenvalue weighted by molar-refractivity contribution is -0.118. The van der Waals surface area contributed by atoms with Gasteiger partial charge in [-0.05, 0) is 12.1 Å². The van der Waals surface area contributed by atoms with Crippen LogP contribution in [0, 0.1) is 0 Å². The summed E-state index contributed by atoms with van der Waals surface area (Å²) in [6, 6.07) is 6.99. The summed E-state index contributed by atoms with van der Waals surface area (Å²) in [5.74, 6) is 0.289. The molecule has 0 bridgehead atoms. The molecule has 0 heterocycles. The first-order valence-electron chi connectivity index (χ1n) is 6.24. The van der Waals surface area contributed by atoms with Gasteiger partial charge in [0.25, 0.3) is 10.2 Å². The van der Waals surface area contributed by atoms with E-state index in [0.29, 0.717) is 11.4 Å². The number of carbonyl (C=O) groups excluding carboxylic acids is 1. The standard InChI is InChI=1S/C13H21N3O4S/c1-14(2)21(18,19)15(3)10-13(17)16(4)11-7-6-8-12(9-11)20-5/h6-9H,10H2,1-5H3. The quantitative estimate of drug-likeness (QED) is 0.762. The number of nitrogens with zero attached hydrogens (tertiary/aromatic N) is 3. The van der Waals surface area contributed by atoms with Crippen molar-refractivity contribution in [1.29, 1.82) is 0 Å². The van der Waals surface area contributed by atoms with Crippen LogP contribution in [-0.4, -0.2) is 64.8 Å². The maximum atomic E-state index is 12.2. The number of likely N-dealkylation sites (N-methyl/N-ethyl adjacent to an activating group) is 2. The second kappa shape index (κ2) is 6.88. The molecule has 0 aliphatic rings. The van der Waals surface area contributed by atoms with Gasteiger partial charge in [-0.3, -0.25) is 4.79 Å². The summed E-state index contributed by atoms with van der Waals surface area (Å²) in [6.07, 6.45) is 0. The molecule has 7 nitrogen and oxygen atoms in total. The Kier molecular flexibility index (Phi) is 5.70. The molecule has 0 aliphatic carbocycles. The zero-order valence-electron chi connectivity index (χ0n) is 12.9. The molecule has 0 aromatic heterocycles. The number of anilines is 1. The van der Waals surface area contributed by atoms with Crippen molar-refractivity contribution >= 4 is 21.8 Å². The fourth-order valence-corrected chi connectivity index (χ4v) is 2.45. The minimum absolute atomic E-state index is 0.242. The first-order chi connectivity index (χ1) is 9.70. The highest BCUT2D eigenvalue weighted by Crippen LogP contribution is 2.20. The van der Waals surface area contributed by atoms with E-state index >= 15 is 0 Å². The number of hydrogen-bond acceptors (Lipinski definition) is 4. The predicted octanol–water partition coefficient (Wildman–Crippen LogP) is 0.396. The van der Waals surface area contributed by atoms with Crippen LogP contribution in [0.25, 0.3) is 0 Å². The summed E-state index contributed by atoms with van der Waals surface area (Å²) >= 11 is 0. The largest absolute Gasteiger partial charge is 0.497 e. The molecule has 1 amide bonds. The highest BCUT2D eigenvalue weighted by Gasteiger charge is 2.24. The SMILES string of the molecule is COc1cccc(N(C)C(=O)CN(C)S(=O)(=O)N(C)C)c1. The van der Waals surface area contributed by atoms with Crippen molar-refractivity contribution < 1.29 is 17.9 Å². The fraction of sp³-hybridized carbons (Fsp3) is 0.462. The van der Waals surface area contributed by atoms with Crippen LogP contribution in [0.1, 0.15) is 0 Å². The summed E-state index contributed by atoms with van der Waals surface area (Å²) in [5.41, 5.74) is 0.634. The van der Waals surface area contributed by atoms with E-state index in [-0.39, 0.29) is 12.5 Å². The Hall–Kier alpha value is -1.64. The molecular formula is C13H21N3O4S. The van der Waals surface area contributed by atoms with Crippen molar-refractivity contribution in [2.24, 2.45) is 0 Å².